The maximum absolute atomic E-state index is 13.2. The number of anilines is 1. The van der Waals surface area contributed by atoms with Gasteiger partial charge >= 0.3 is 0 Å². The van der Waals surface area contributed by atoms with Gasteiger partial charge in [-0.3, -0.25) is 4.79 Å². The van der Waals surface area contributed by atoms with Crippen molar-refractivity contribution in [2.24, 2.45) is 0 Å². The molecule has 1 saturated heterocycles. The molecule has 1 fully saturated rings. The van der Waals surface area contributed by atoms with Crippen LogP contribution in [0.4, 0.5) is 5.69 Å². The molecule has 2 aromatic heterocycles. The summed E-state index contributed by atoms with van der Waals surface area (Å²) in [6, 6.07) is 7.91. The molecule has 3 aromatic rings. The SMILES string of the molecule is Cc1cc(C(=O)Nc2ccc(S(=O)(=O)N3C(C)CCCC3C)cc2)c2c(C)noc2n1. The van der Waals surface area contributed by atoms with Crippen molar-refractivity contribution in [3.8, 4) is 0 Å². The molecule has 1 aromatic carbocycles. The number of carbonyl (C=O) groups excluding carboxylic acids is 1. The van der Waals surface area contributed by atoms with Gasteiger partial charge in [0.15, 0.2) is 0 Å². The van der Waals surface area contributed by atoms with Gasteiger partial charge in [0.2, 0.25) is 10.0 Å². The maximum atomic E-state index is 13.2. The summed E-state index contributed by atoms with van der Waals surface area (Å²) >= 11 is 0. The standard InChI is InChI=1S/C22H26N4O4S/c1-13-12-19(20-16(4)25-30-22(20)23-13)21(27)24-17-8-10-18(11-9-17)31(28,29)26-14(2)6-5-7-15(26)3/h8-12,14-15H,5-7H2,1-4H3,(H,24,27). The number of nitrogens with one attached hydrogen (secondary N) is 1. The smallest absolute Gasteiger partial charge is 0.258 e. The number of rotatable bonds is 4. The summed E-state index contributed by atoms with van der Waals surface area (Å²) in [4.78, 5) is 17.4. The number of hydrogen-bond donors (Lipinski definition) is 1. The average Bonchev–Trinajstić information content (AvgIpc) is 3.08. The molecule has 0 spiro atoms. The molecular formula is C22H26N4O4S. The second-order valence-corrected chi connectivity index (χ2v) is 10.0. The minimum Gasteiger partial charge on any atom is -0.336 e. The van der Waals surface area contributed by atoms with Crippen molar-refractivity contribution < 1.29 is 17.7 Å². The van der Waals surface area contributed by atoms with Crippen LogP contribution in [0.1, 0.15) is 54.9 Å². The maximum Gasteiger partial charge on any atom is 0.258 e. The van der Waals surface area contributed by atoms with Gasteiger partial charge < -0.3 is 9.84 Å². The van der Waals surface area contributed by atoms with Gasteiger partial charge in [-0.15, -0.1) is 0 Å². The number of piperidine rings is 1. The molecule has 0 aliphatic carbocycles. The first-order valence-electron chi connectivity index (χ1n) is 10.4. The molecule has 1 amide bonds. The fourth-order valence-corrected chi connectivity index (χ4v) is 6.18. The summed E-state index contributed by atoms with van der Waals surface area (Å²) in [6.45, 7) is 7.43. The average molecular weight is 443 g/mol. The molecule has 1 N–H and O–H groups in total. The lowest BCUT2D eigenvalue weighted by Gasteiger charge is -2.37. The molecule has 0 saturated carbocycles. The van der Waals surface area contributed by atoms with E-state index in [0.29, 0.717) is 33.7 Å². The number of amides is 1. The summed E-state index contributed by atoms with van der Waals surface area (Å²) < 4.78 is 33.1. The highest BCUT2D eigenvalue weighted by Crippen LogP contribution is 2.30. The molecule has 1 aliphatic heterocycles. The Hall–Kier alpha value is -2.78. The van der Waals surface area contributed by atoms with E-state index >= 15 is 0 Å². The van der Waals surface area contributed by atoms with Gasteiger partial charge in [0.05, 0.1) is 21.5 Å². The summed E-state index contributed by atoms with van der Waals surface area (Å²) in [6.07, 6.45) is 2.76. The highest BCUT2D eigenvalue weighted by atomic mass is 32.2. The van der Waals surface area contributed by atoms with Crippen molar-refractivity contribution >= 4 is 32.7 Å². The van der Waals surface area contributed by atoms with E-state index in [2.05, 4.69) is 15.5 Å². The Morgan fingerprint density at radius 3 is 2.42 bits per heavy atom. The molecule has 164 valence electrons. The lowest BCUT2D eigenvalue weighted by atomic mass is 10.0. The quantitative estimate of drug-likeness (QED) is 0.654. The van der Waals surface area contributed by atoms with Crippen LogP contribution in [0, 0.1) is 13.8 Å². The number of fused-ring (bicyclic) bond motifs is 1. The molecule has 4 rings (SSSR count). The Labute approximate surface area is 181 Å². The van der Waals surface area contributed by atoms with Gasteiger partial charge in [-0.25, -0.2) is 13.4 Å². The highest BCUT2D eigenvalue weighted by molar-refractivity contribution is 7.89. The van der Waals surface area contributed by atoms with Gasteiger partial charge in [0, 0.05) is 23.5 Å². The normalized spacial score (nSPS) is 20.1. The number of carbonyl (C=O) groups is 1. The molecule has 1 aliphatic rings. The largest absolute Gasteiger partial charge is 0.336 e. The van der Waals surface area contributed by atoms with Crippen molar-refractivity contribution in [1.29, 1.82) is 0 Å². The summed E-state index contributed by atoms with van der Waals surface area (Å²) in [5, 5.41) is 7.28. The second kappa shape index (κ2) is 8.05. The lowest BCUT2D eigenvalue weighted by Crippen LogP contribution is -2.47. The minimum absolute atomic E-state index is 0.0303. The van der Waals surface area contributed by atoms with E-state index in [0.717, 1.165) is 19.3 Å². The molecular weight excluding hydrogens is 416 g/mol. The van der Waals surface area contributed by atoms with Crippen LogP contribution < -0.4 is 5.32 Å². The molecule has 3 heterocycles. The van der Waals surface area contributed by atoms with E-state index in [4.69, 9.17) is 4.52 Å². The predicted molar refractivity (Wildman–Crippen MR) is 117 cm³/mol. The van der Waals surface area contributed by atoms with Gasteiger partial charge in [0.25, 0.3) is 11.6 Å². The first-order chi connectivity index (χ1) is 14.7. The van der Waals surface area contributed by atoms with Crippen LogP contribution in [0.5, 0.6) is 0 Å². The van der Waals surface area contributed by atoms with Crippen LogP contribution in [0.25, 0.3) is 11.1 Å². The number of aryl methyl sites for hydroxylation is 2. The van der Waals surface area contributed by atoms with E-state index < -0.39 is 10.0 Å². The zero-order chi connectivity index (χ0) is 22.3. The van der Waals surface area contributed by atoms with Gasteiger partial charge in [-0.2, -0.15) is 4.31 Å². The molecule has 8 nitrogen and oxygen atoms in total. The van der Waals surface area contributed by atoms with Crippen molar-refractivity contribution in [3.63, 3.8) is 0 Å². The molecule has 2 unspecified atom stereocenters. The summed E-state index contributed by atoms with van der Waals surface area (Å²) in [7, 11) is -3.60. The zero-order valence-corrected chi connectivity index (χ0v) is 18.9. The molecule has 0 radical (unpaired) electrons. The van der Waals surface area contributed by atoms with Crippen LogP contribution in [-0.4, -0.2) is 40.9 Å². The van der Waals surface area contributed by atoms with Gasteiger partial charge in [-0.05, 0) is 70.9 Å². The topological polar surface area (TPSA) is 105 Å². The van der Waals surface area contributed by atoms with Crippen LogP contribution in [0.3, 0.4) is 0 Å². The van der Waals surface area contributed by atoms with Crippen LogP contribution in [-0.2, 0) is 10.0 Å². The number of nitrogens with zero attached hydrogens (tertiary/aromatic N) is 3. The summed E-state index contributed by atoms with van der Waals surface area (Å²) in [5.74, 6) is -0.337. The number of sulfonamides is 1. The molecule has 31 heavy (non-hydrogen) atoms. The Balaban J connectivity index is 1.58. The third-order valence-electron chi connectivity index (χ3n) is 5.79. The second-order valence-electron chi connectivity index (χ2n) is 8.20. The fraction of sp³-hybridized carbons (Fsp3) is 0.409. The molecule has 9 heteroatoms. The van der Waals surface area contributed by atoms with E-state index in [1.165, 1.54) is 12.1 Å². The number of aromatic nitrogens is 2. The van der Waals surface area contributed by atoms with Crippen molar-refractivity contribution in [1.82, 2.24) is 14.4 Å². The van der Waals surface area contributed by atoms with Crippen LogP contribution in [0.15, 0.2) is 39.8 Å². The van der Waals surface area contributed by atoms with E-state index in [9.17, 15) is 13.2 Å². The minimum atomic E-state index is -3.60. The monoisotopic (exact) mass is 442 g/mol. The molecule has 0 bridgehead atoms. The Bertz CT molecular complexity index is 1220. The van der Waals surface area contributed by atoms with Crippen molar-refractivity contribution in [2.45, 2.75) is 63.9 Å². The highest BCUT2D eigenvalue weighted by Gasteiger charge is 2.35. The van der Waals surface area contributed by atoms with Crippen molar-refractivity contribution in [3.05, 3.63) is 47.3 Å². The van der Waals surface area contributed by atoms with E-state index in [1.807, 2.05) is 13.8 Å². The van der Waals surface area contributed by atoms with Gasteiger partial charge in [-0.1, -0.05) is 11.6 Å². The van der Waals surface area contributed by atoms with Crippen LogP contribution in [0.2, 0.25) is 0 Å². The first kappa shape index (κ1) is 21.5. The fourth-order valence-electron chi connectivity index (χ4n) is 4.30. The summed E-state index contributed by atoms with van der Waals surface area (Å²) in [5.41, 5.74) is 2.45. The van der Waals surface area contributed by atoms with Gasteiger partial charge in [0.1, 0.15) is 0 Å². The number of pyridine rings is 1. The first-order valence-corrected chi connectivity index (χ1v) is 11.8. The zero-order valence-electron chi connectivity index (χ0n) is 18.0. The number of hydrogen-bond acceptors (Lipinski definition) is 6. The Kier molecular flexibility index (Phi) is 5.57. The third kappa shape index (κ3) is 3.95. The van der Waals surface area contributed by atoms with Crippen LogP contribution >= 0.6 is 0 Å². The van der Waals surface area contributed by atoms with E-state index in [1.54, 1.807) is 36.4 Å². The number of benzene rings is 1. The van der Waals surface area contributed by atoms with Crippen molar-refractivity contribution in [2.75, 3.05) is 5.32 Å². The lowest BCUT2D eigenvalue weighted by molar-refractivity contribution is 0.102. The predicted octanol–water partition coefficient (Wildman–Crippen LogP) is 4.04. The molecule has 2 atom stereocenters. The van der Waals surface area contributed by atoms with E-state index in [-0.39, 0.29) is 22.9 Å². The Morgan fingerprint density at radius 2 is 1.77 bits per heavy atom. The Morgan fingerprint density at radius 1 is 1.13 bits per heavy atom. The third-order valence-corrected chi connectivity index (χ3v) is 7.93.